The van der Waals surface area contributed by atoms with Crippen LogP contribution in [-0.2, 0) is 26.2 Å². The van der Waals surface area contributed by atoms with Gasteiger partial charge in [-0.3, -0.25) is 13.9 Å². The normalized spacial score (nSPS) is 13.1. The Morgan fingerprint density at radius 3 is 2.38 bits per heavy atom. The molecule has 0 saturated carbocycles. The lowest BCUT2D eigenvalue weighted by atomic mass is 10.1. The molecule has 0 fully saturated rings. The standard InChI is InChI=1S/C31H37N3O7S/c1-4-16-32-31(36)27(5-2)33(21-23-10-9-11-25(19-23)39-3)30(35)22-34(42(37,38)26-12-7-6-8-13-26)24-14-15-28-29(20-24)41-18-17-40-28/h6-15,19-20,27H,4-5,16-18,21-22H2,1-3H3,(H,32,36). The molecule has 0 spiro atoms. The van der Waals surface area contributed by atoms with Gasteiger partial charge in [0, 0.05) is 19.2 Å². The van der Waals surface area contributed by atoms with Gasteiger partial charge in [-0.25, -0.2) is 8.42 Å². The van der Waals surface area contributed by atoms with E-state index in [0.29, 0.717) is 43.4 Å². The molecule has 3 aromatic carbocycles. The van der Waals surface area contributed by atoms with Crippen molar-refractivity contribution in [1.29, 1.82) is 0 Å². The molecule has 0 bridgehead atoms. The van der Waals surface area contributed by atoms with Crippen molar-refractivity contribution in [1.82, 2.24) is 10.2 Å². The van der Waals surface area contributed by atoms with E-state index in [2.05, 4.69) is 5.32 Å². The van der Waals surface area contributed by atoms with E-state index in [1.54, 1.807) is 61.7 Å². The fraction of sp³-hybridized carbons (Fsp3) is 0.355. The molecule has 1 unspecified atom stereocenters. The van der Waals surface area contributed by atoms with Crippen molar-refractivity contribution in [3.8, 4) is 17.2 Å². The minimum Gasteiger partial charge on any atom is -0.497 e. The predicted octanol–water partition coefficient (Wildman–Crippen LogP) is 4.00. The monoisotopic (exact) mass is 595 g/mol. The third-order valence-corrected chi connectivity index (χ3v) is 8.63. The zero-order valence-corrected chi connectivity index (χ0v) is 24.9. The predicted molar refractivity (Wildman–Crippen MR) is 159 cm³/mol. The van der Waals surface area contributed by atoms with Gasteiger partial charge in [0.25, 0.3) is 10.0 Å². The van der Waals surface area contributed by atoms with E-state index in [1.807, 2.05) is 19.9 Å². The Balaban J connectivity index is 1.75. The van der Waals surface area contributed by atoms with Crippen LogP contribution >= 0.6 is 0 Å². The molecule has 10 nitrogen and oxygen atoms in total. The fourth-order valence-corrected chi connectivity index (χ4v) is 6.12. The number of hydrogen-bond donors (Lipinski definition) is 1. The van der Waals surface area contributed by atoms with Crippen LogP contribution in [0.25, 0.3) is 0 Å². The summed E-state index contributed by atoms with van der Waals surface area (Å²) in [4.78, 5) is 28.9. The van der Waals surface area contributed by atoms with Gasteiger partial charge in [-0.1, -0.05) is 44.2 Å². The van der Waals surface area contributed by atoms with Crippen LogP contribution in [0.15, 0.2) is 77.7 Å². The zero-order valence-electron chi connectivity index (χ0n) is 24.1. The highest BCUT2D eigenvalue weighted by Crippen LogP contribution is 2.36. The van der Waals surface area contributed by atoms with Crippen molar-refractivity contribution in [2.75, 3.05) is 37.7 Å². The summed E-state index contributed by atoms with van der Waals surface area (Å²) >= 11 is 0. The molecule has 42 heavy (non-hydrogen) atoms. The van der Waals surface area contributed by atoms with Crippen LogP contribution in [0, 0.1) is 0 Å². The Labute approximate surface area is 247 Å². The first kappa shape index (κ1) is 30.7. The van der Waals surface area contributed by atoms with Gasteiger partial charge < -0.3 is 24.4 Å². The molecular formula is C31H37N3O7S. The van der Waals surface area contributed by atoms with Gasteiger partial charge in [0.1, 0.15) is 31.5 Å². The summed E-state index contributed by atoms with van der Waals surface area (Å²) in [6, 6.07) is 19.1. The van der Waals surface area contributed by atoms with Crippen molar-refractivity contribution < 1.29 is 32.2 Å². The van der Waals surface area contributed by atoms with Gasteiger partial charge in [-0.05, 0) is 54.8 Å². The molecule has 3 aromatic rings. The number of methoxy groups -OCH3 is 1. The SMILES string of the molecule is CCCNC(=O)C(CC)N(Cc1cccc(OC)c1)C(=O)CN(c1ccc2c(c1)OCCO2)S(=O)(=O)c1ccccc1. The van der Waals surface area contributed by atoms with E-state index in [9.17, 15) is 18.0 Å². The van der Waals surface area contributed by atoms with Crippen molar-refractivity contribution in [3.63, 3.8) is 0 Å². The van der Waals surface area contributed by atoms with E-state index >= 15 is 0 Å². The number of carbonyl (C=O) groups is 2. The Morgan fingerprint density at radius 2 is 1.69 bits per heavy atom. The summed E-state index contributed by atoms with van der Waals surface area (Å²) < 4.78 is 45.7. The maximum absolute atomic E-state index is 14.2. The van der Waals surface area contributed by atoms with Crippen LogP contribution in [0.1, 0.15) is 32.3 Å². The Morgan fingerprint density at radius 1 is 0.952 bits per heavy atom. The largest absolute Gasteiger partial charge is 0.497 e. The summed E-state index contributed by atoms with van der Waals surface area (Å²) in [6.07, 6.45) is 1.07. The second-order valence-electron chi connectivity index (χ2n) is 9.74. The topological polar surface area (TPSA) is 114 Å². The molecule has 0 aliphatic carbocycles. The van der Waals surface area contributed by atoms with Crippen LogP contribution in [0.2, 0.25) is 0 Å². The molecule has 0 aromatic heterocycles. The minimum atomic E-state index is -4.19. The van der Waals surface area contributed by atoms with E-state index < -0.39 is 28.5 Å². The molecule has 0 saturated heterocycles. The van der Waals surface area contributed by atoms with Crippen LogP contribution in [-0.4, -0.2) is 64.6 Å². The van der Waals surface area contributed by atoms with Crippen molar-refractivity contribution in [2.24, 2.45) is 0 Å². The second kappa shape index (κ2) is 14.1. The summed E-state index contributed by atoms with van der Waals surface area (Å²) in [5, 5.41) is 2.88. The number of anilines is 1. The van der Waals surface area contributed by atoms with Gasteiger partial charge in [0.05, 0.1) is 17.7 Å². The van der Waals surface area contributed by atoms with E-state index in [-0.39, 0.29) is 23.0 Å². The summed E-state index contributed by atoms with van der Waals surface area (Å²) in [5.41, 5.74) is 0.975. The van der Waals surface area contributed by atoms with Crippen LogP contribution in [0.5, 0.6) is 17.2 Å². The third-order valence-electron chi connectivity index (χ3n) is 6.85. The average Bonchev–Trinajstić information content (AvgIpc) is 3.02. The maximum Gasteiger partial charge on any atom is 0.264 e. The number of nitrogens with zero attached hydrogens (tertiary/aromatic N) is 2. The molecule has 1 N–H and O–H groups in total. The van der Waals surface area contributed by atoms with Gasteiger partial charge in [-0.15, -0.1) is 0 Å². The highest BCUT2D eigenvalue weighted by atomic mass is 32.2. The second-order valence-corrected chi connectivity index (χ2v) is 11.6. The maximum atomic E-state index is 14.2. The van der Waals surface area contributed by atoms with Crippen LogP contribution in [0.3, 0.4) is 0 Å². The number of nitrogens with one attached hydrogen (secondary N) is 1. The van der Waals surface area contributed by atoms with Gasteiger partial charge in [0.2, 0.25) is 11.8 Å². The van der Waals surface area contributed by atoms with E-state index in [0.717, 1.165) is 16.3 Å². The number of hydrogen-bond acceptors (Lipinski definition) is 7. The lowest BCUT2D eigenvalue weighted by Crippen LogP contribution is -2.52. The number of rotatable bonds is 13. The first-order valence-electron chi connectivity index (χ1n) is 14.0. The number of benzene rings is 3. The molecular weight excluding hydrogens is 558 g/mol. The molecule has 0 radical (unpaired) electrons. The number of amides is 2. The van der Waals surface area contributed by atoms with Crippen LogP contribution in [0.4, 0.5) is 5.69 Å². The smallest absolute Gasteiger partial charge is 0.264 e. The Hall–Kier alpha value is -4.25. The molecule has 224 valence electrons. The number of ether oxygens (including phenoxy) is 3. The Kier molecular flexibility index (Phi) is 10.3. The number of carbonyl (C=O) groups excluding carboxylic acids is 2. The molecule has 1 heterocycles. The summed E-state index contributed by atoms with van der Waals surface area (Å²) in [5.74, 6) is 0.649. The first-order valence-corrected chi connectivity index (χ1v) is 15.4. The third kappa shape index (κ3) is 7.14. The van der Waals surface area contributed by atoms with Gasteiger partial charge in [0.15, 0.2) is 11.5 Å². The van der Waals surface area contributed by atoms with Gasteiger partial charge >= 0.3 is 0 Å². The fourth-order valence-electron chi connectivity index (χ4n) is 4.69. The lowest BCUT2D eigenvalue weighted by molar-refractivity contribution is -0.140. The van der Waals surface area contributed by atoms with Crippen molar-refractivity contribution in [2.45, 2.75) is 44.2 Å². The number of sulfonamides is 1. The quantitative estimate of drug-likeness (QED) is 0.318. The van der Waals surface area contributed by atoms with Gasteiger partial charge in [-0.2, -0.15) is 0 Å². The number of fused-ring (bicyclic) bond motifs is 1. The minimum absolute atomic E-state index is 0.0276. The summed E-state index contributed by atoms with van der Waals surface area (Å²) in [6.45, 7) is 4.46. The molecule has 11 heteroatoms. The van der Waals surface area contributed by atoms with E-state index in [4.69, 9.17) is 14.2 Å². The van der Waals surface area contributed by atoms with Crippen LogP contribution < -0.4 is 23.8 Å². The Bertz CT molecular complexity index is 1480. The molecule has 1 aliphatic heterocycles. The molecule has 1 atom stereocenters. The lowest BCUT2D eigenvalue weighted by Gasteiger charge is -2.33. The average molecular weight is 596 g/mol. The van der Waals surface area contributed by atoms with Crippen molar-refractivity contribution in [3.05, 3.63) is 78.4 Å². The van der Waals surface area contributed by atoms with E-state index in [1.165, 1.54) is 17.0 Å². The highest BCUT2D eigenvalue weighted by molar-refractivity contribution is 7.92. The summed E-state index contributed by atoms with van der Waals surface area (Å²) in [7, 11) is -2.64. The molecule has 4 rings (SSSR count). The first-order chi connectivity index (χ1) is 20.3. The molecule has 2 amide bonds. The van der Waals surface area contributed by atoms with Crippen molar-refractivity contribution >= 4 is 27.5 Å². The zero-order chi connectivity index (χ0) is 30.1. The highest BCUT2D eigenvalue weighted by Gasteiger charge is 2.34. The molecule has 1 aliphatic rings.